The second-order valence-corrected chi connectivity index (χ2v) is 10.6. The number of nitrogens with one attached hydrogen (secondary N) is 2. The molecule has 4 amide bonds. The third-order valence-electron chi connectivity index (χ3n) is 6.06. The van der Waals surface area contributed by atoms with Crippen LogP contribution in [0, 0.1) is 0 Å². The molecule has 3 rings (SSSR count). The van der Waals surface area contributed by atoms with Crippen molar-refractivity contribution >= 4 is 41.2 Å². The third kappa shape index (κ3) is 6.44. The molecule has 198 valence electrons. The molecule has 1 fully saturated rings. The number of carbonyl (C=O) groups is 3. The van der Waals surface area contributed by atoms with Crippen molar-refractivity contribution in [3.8, 4) is 0 Å². The highest BCUT2D eigenvalue weighted by Crippen LogP contribution is 2.37. The number of esters is 1. The molecule has 1 aromatic carbocycles. The van der Waals surface area contributed by atoms with Crippen LogP contribution >= 0.6 is 23.2 Å². The Labute approximate surface area is 222 Å². The molecule has 2 heterocycles. The molecule has 11 heteroatoms. The van der Waals surface area contributed by atoms with Gasteiger partial charge in [0, 0.05) is 50.5 Å². The van der Waals surface area contributed by atoms with Crippen LogP contribution in [0.5, 0.6) is 0 Å². The van der Waals surface area contributed by atoms with E-state index in [-0.39, 0.29) is 29.2 Å². The number of amides is 4. The number of likely N-dealkylation sites (N-methyl/N-ethyl adjacent to an activating group) is 1. The molecular formula is C25H35Cl2N5O4. The number of hydrogen-bond donors (Lipinski definition) is 2. The summed E-state index contributed by atoms with van der Waals surface area (Å²) in [5.41, 5.74) is 1.10. The minimum atomic E-state index is -0.806. The van der Waals surface area contributed by atoms with E-state index in [4.69, 9.17) is 27.9 Å². The lowest BCUT2D eigenvalue weighted by Gasteiger charge is -2.41. The van der Waals surface area contributed by atoms with Crippen LogP contribution in [0.25, 0.3) is 0 Å². The van der Waals surface area contributed by atoms with Crippen LogP contribution < -0.4 is 10.6 Å². The standard InChI is InChI=1S/C25H35Cl2N5O4/c1-6-32-18(15-30-11-13-31(14-12-30)24(35)29-25(3,4)5)19(22(33)36-7-2)21(28-23(32)34)16-9-8-10-17(26)20(16)27/h8-10,21H,6-7,11-15H2,1-5H3,(H,28,34)(H,29,35)/t21-/m0/s1. The summed E-state index contributed by atoms with van der Waals surface area (Å²) in [6.07, 6.45) is 0. The Hall–Kier alpha value is -2.49. The number of carbonyl (C=O) groups excluding carboxylic acids is 3. The van der Waals surface area contributed by atoms with Crippen LogP contribution in [-0.4, -0.2) is 84.1 Å². The first-order chi connectivity index (χ1) is 17.0. The molecular weight excluding hydrogens is 505 g/mol. The van der Waals surface area contributed by atoms with Crippen molar-refractivity contribution in [1.82, 2.24) is 25.3 Å². The topological polar surface area (TPSA) is 94.2 Å². The number of nitrogens with zero attached hydrogens (tertiary/aromatic N) is 3. The predicted octanol–water partition coefficient (Wildman–Crippen LogP) is 4.02. The zero-order valence-electron chi connectivity index (χ0n) is 21.5. The largest absolute Gasteiger partial charge is 0.463 e. The molecule has 0 saturated carbocycles. The summed E-state index contributed by atoms with van der Waals surface area (Å²) in [4.78, 5) is 44.4. The second kappa shape index (κ2) is 11.7. The molecule has 0 aromatic heterocycles. The maximum Gasteiger partial charge on any atom is 0.338 e. The van der Waals surface area contributed by atoms with Gasteiger partial charge in [-0.1, -0.05) is 35.3 Å². The molecule has 0 unspecified atom stereocenters. The molecule has 0 radical (unpaired) electrons. The van der Waals surface area contributed by atoms with E-state index in [0.29, 0.717) is 61.1 Å². The Morgan fingerprint density at radius 2 is 1.81 bits per heavy atom. The summed E-state index contributed by atoms with van der Waals surface area (Å²) in [5.74, 6) is -0.518. The minimum Gasteiger partial charge on any atom is -0.463 e. The molecule has 2 aliphatic rings. The van der Waals surface area contributed by atoms with E-state index >= 15 is 0 Å². The molecule has 0 aliphatic carbocycles. The van der Waals surface area contributed by atoms with Crippen LogP contribution in [0.15, 0.2) is 29.5 Å². The van der Waals surface area contributed by atoms with Gasteiger partial charge in [-0.3, -0.25) is 9.80 Å². The lowest BCUT2D eigenvalue weighted by molar-refractivity contribution is -0.139. The Morgan fingerprint density at radius 3 is 2.39 bits per heavy atom. The van der Waals surface area contributed by atoms with Gasteiger partial charge in [0.25, 0.3) is 0 Å². The van der Waals surface area contributed by atoms with Crippen molar-refractivity contribution in [2.24, 2.45) is 0 Å². The van der Waals surface area contributed by atoms with Crippen molar-refractivity contribution in [1.29, 1.82) is 0 Å². The SMILES string of the molecule is CCOC(=O)C1=C(CN2CCN(C(=O)NC(C)(C)C)CC2)N(CC)C(=O)N[C@H]1c1cccc(Cl)c1Cl. The molecule has 0 bridgehead atoms. The molecule has 36 heavy (non-hydrogen) atoms. The number of rotatable bonds is 6. The summed E-state index contributed by atoms with van der Waals surface area (Å²) in [5, 5.41) is 6.50. The van der Waals surface area contributed by atoms with Gasteiger partial charge in [0.1, 0.15) is 0 Å². The van der Waals surface area contributed by atoms with Crippen LogP contribution in [0.1, 0.15) is 46.2 Å². The van der Waals surface area contributed by atoms with Crippen LogP contribution in [0.4, 0.5) is 9.59 Å². The molecule has 1 atom stereocenters. The highest BCUT2D eigenvalue weighted by Gasteiger charge is 2.39. The van der Waals surface area contributed by atoms with Gasteiger partial charge < -0.3 is 20.3 Å². The third-order valence-corrected chi connectivity index (χ3v) is 6.89. The number of halogens is 2. The molecule has 2 aliphatic heterocycles. The summed E-state index contributed by atoms with van der Waals surface area (Å²) < 4.78 is 5.42. The van der Waals surface area contributed by atoms with Crippen LogP contribution in [0.3, 0.4) is 0 Å². The van der Waals surface area contributed by atoms with Gasteiger partial charge in [-0.25, -0.2) is 14.4 Å². The summed E-state index contributed by atoms with van der Waals surface area (Å²) in [6.45, 7) is 12.6. The van der Waals surface area contributed by atoms with E-state index in [2.05, 4.69) is 15.5 Å². The fraction of sp³-hybridized carbons (Fsp3) is 0.560. The monoisotopic (exact) mass is 539 g/mol. The molecule has 1 saturated heterocycles. The van der Waals surface area contributed by atoms with Crippen molar-refractivity contribution in [2.75, 3.05) is 45.9 Å². The fourth-order valence-corrected chi connectivity index (χ4v) is 4.77. The maximum absolute atomic E-state index is 13.3. The Bertz CT molecular complexity index is 1030. The molecule has 2 N–H and O–H groups in total. The van der Waals surface area contributed by atoms with Crippen molar-refractivity contribution in [3.63, 3.8) is 0 Å². The number of hydrogen-bond acceptors (Lipinski definition) is 5. The average Bonchev–Trinajstić information content (AvgIpc) is 2.80. The van der Waals surface area contributed by atoms with E-state index in [9.17, 15) is 14.4 Å². The first-order valence-electron chi connectivity index (χ1n) is 12.2. The van der Waals surface area contributed by atoms with Gasteiger partial charge in [0.05, 0.1) is 28.3 Å². The van der Waals surface area contributed by atoms with Crippen LogP contribution in [0.2, 0.25) is 10.0 Å². The molecule has 9 nitrogen and oxygen atoms in total. The number of ether oxygens (including phenoxy) is 1. The highest BCUT2D eigenvalue weighted by molar-refractivity contribution is 6.42. The van der Waals surface area contributed by atoms with Crippen molar-refractivity contribution in [2.45, 2.75) is 46.2 Å². The Balaban J connectivity index is 1.93. The lowest BCUT2D eigenvalue weighted by Crippen LogP contribution is -2.56. The van der Waals surface area contributed by atoms with Gasteiger partial charge in [-0.2, -0.15) is 0 Å². The Kier molecular flexibility index (Phi) is 9.13. The normalized spacial score (nSPS) is 19.3. The lowest BCUT2D eigenvalue weighted by atomic mass is 9.94. The Morgan fingerprint density at radius 1 is 1.14 bits per heavy atom. The van der Waals surface area contributed by atoms with E-state index in [1.807, 2.05) is 27.7 Å². The van der Waals surface area contributed by atoms with Crippen molar-refractivity contribution in [3.05, 3.63) is 45.1 Å². The second-order valence-electron chi connectivity index (χ2n) is 9.79. The average molecular weight is 540 g/mol. The first kappa shape index (κ1) is 28.1. The van der Waals surface area contributed by atoms with Gasteiger partial charge in [0.2, 0.25) is 0 Å². The maximum atomic E-state index is 13.3. The number of urea groups is 2. The van der Waals surface area contributed by atoms with Crippen molar-refractivity contribution < 1.29 is 19.1 Å². The number of piperazine rings is 1. The van der Waals surface area contributed by atoms with E-state index < -0.39 is 12.0 Å². The van der Waals surface area contributed by atoms with Gasteiger partial charge in [-0.15, -0.1) is 0 Å². The minimum absolute atomic E-state index is 0.100. The van der Waals surface area contributed by atoms with E-state index in [1.54, 1.807) is 34.9 Å². The first-order valence-corrected chi connectivity index (χ1v) is 12.9. The van der Waals surface area contributed by atoms with Gasteiger partial charge in [0.15, 0.2) is 0 Å². The zero-order valence-corrected chi connectivity index (χ0v) is 23.0. The predicted molar refractivity (Wildman–Crippen MR) is 140 cm³/mol. The van der Waals surface area contributed by atoms with Crippen LogP contribution in [-0.2, 0) is 9.53 Å². The quantitative estimate of drug-likeness (QED) is 0.532. The summed E-state index contributed by atoms with van der Waals surface area (Å²) in [7, 11) is 0. The molecule has 0 spiro atoms. The summed E-state index contributed by atoms with van der Waals surface area (Å²) in [6, 6.07) is 3.89. The van der Waals surface area contributed by atoms with E-state index in [0.717, 1.165) is 0 Å². The zero-order chi connectivity index (χ0) is 26.6. The number of benzene rings is 1. The molecule has 1 aromatic rings. The smallest absolute Gasteiger partial charge is 0.338 e. The highest BCUT2D eigenvalue weighted by atomic mass is 35.5. The summed E-state index contributed by atoms with van der Waals surface area (Å²) >= 11 is 12.7. The fourth-order valence-electron chi connectivity index (χ4n) is 4.36. The van der Waals surface area contributed by atoms with E-state index in [1.165, 1.54) is 0 Å². The van der Waals surface area contributed by atoms with Gasteiger partial charge in [-0.05, 0) is 46.2 Å². The van der Waals surface area contributed by atoms with Gasteiger partial charge >= 0.3 is 18.0 Å².